The lowest BCUT2D eigenvalue weighted by Crippen LogP contribution is -2.53. The molecular weight excluding hydrogens is 472 g/mol. The van der Waals surface area contributed by atoms with E-state index in [0.717, 1.165) is 11.1 Å². The highest BCUT2D eigenvalue weighted by molar-refractivity contribution is 7.99. The van der Waals surface area contributed by atoms with E-state index in [-0.39, 0.29) is 29.6 Å². The maximum atomic E-state index is 13.3. The fourth-order valence-corrected chi connectivity index (χ4v) is 5.84. The molecule has 184 valence electrons. The molecule has 1 aliphatic heterocycles. The summed E-state index contributed by atoms with van der Waals surface area (Å²) in [6.45, 7) is 4.20. The van der Waals surface area contributed by atoms with E-state index < -0.39 is 18.1 Å². The molecule has 2 aromatic rings. The van der Waals surface area contributed by atoms with Crippen molar-refractivity contribution < 1.29 is 24.2 Å². The fourth-order valence-electron chi connectivity index (χ4n) is 3.75. The molecule has 0 bridgehead atoms. The molecule has 3 rings (SSSR count). The van der Waals surface area contributed by atoms with Gasteiger partial charge in [0.25, 0.3) is 0 Å². The number of hydrogen-bond donors (Lipinski definition) is 2. The minimum absolute atomic E-state index is 0.0167. The van der Waals surface area contributed by atoms with Crippen LogP contribution in [0.3, 0.4) is 0 Å². The normalized spacial score (nSPS) is 19.6. The number of aryl methyl sites for hydroxylation is 1. The summed E-state index contributed by atoms with van der Waals surface area (Å²) in [7, 11) is 0. The standard InChI is InChI=1S/C25H32N2O5S2/c1-17(2)14-32-25(31)20(9-8-18-6-4-3-5-7-18)26-21-16-34-22(19-10-11-33-15-19)12-27(24(21)30)13-23(28)29/h3-7,10-11,15,17,20-22,26H,8-9,12-14,16H2,1-2H3,(H,28,29). The lowest BCUT2D eigenvalue weighted by molar-refractivity contribution is -0.149. The average molecular weight is 505 g/mol. The summed E-state index contributed by atoms with van der Waals surface area (Å²) in [5.74, 6) is -1.10. The van der Waals surface area contributed by atoms with Crippen molar-refractivity contribution in [3.63, 3.8) is 0 Å². The van der Waals surface area contributed by atoms with Gasteiger partial charge in [0.1, 0.15) is 12.6 Å². The van der Waals surface area contributed by atoms with Gasteiger partial charge in [0.05, 0.1) is 12.6 Å². The molecule has 2 heterocycles. The Morgan fingerprint density at radius 1 is 1.24 bits per heavy atom. The predicted molar refractivity (Wildman–Crippen MR) is 135 cm³/mol. The van der Waals surface area contributed by atoms with E-state index in [4.69, 9.17) is 4.74 Å². The van der Waals surface area contributed by atoms with E-state index >= 15 is 0 Å². The number of nitrogens with one attached hydrogen (secondary N) is 1. The van der Waals surface area contributed by atoms with E-state index in [1.807, 2.05) is 61.0 Å². The maximum Gasteiger partial charge on any atom is 0.323 e. The summed E-state index contributed by atoms with van der Waals surface area (Å²) in [6.07, 6.45) is 1.13. The van der Waals surface area contributed by atoms with Crippen molar-refractivity contribution in [1.29, 1.82) is 0 Å². The molecule has 0 spiro atoms. The lowest BCUT2D eigenvalue weighted by Gasteiger charge is -2.27. The number of amides is 1. The topological polar surface area (TPSA) is 95.9 Å². The molecule has 3 atom stereocenters. The zero-order valence-electron chi connectivity index (χ0n) is 19.5. The molecule has 0 aliphatic carbocycles. The summed E-state index contributed by atoms with van der Waals surface area (Å²) in [4.78, 5) is 39.1. The van der Waals surface area contributed by atoms with Crippen LogP contribution in [-0.2, 0) is 25.5 Å². The van der Waals surface area contributed by atoms with Gasteiger partial charge < -0.3 is 14.7 Å². The van der Waals surface area contributed by atoms with E-state index in [1.54, 1.807) is 23.1 Å². The van der Waals surface area contributed by atoms with Crippen molar-refractivity contribution in [2.24, 2.45) is 5.92 Å². The first-order valence-electron chi connectivity index (χ1n) is 11.4. The Balaban J connectivity index is 1.76. The first-order valence-corrected chi connectivity index (χ1v) is 13.4. The molecule has 1 aromatic heterocycles. The van der Waals surface area contributed by atoms with Gasteiger partial charge in [-0.05, 0) is 46.7 Å². The highest BCUT2D eigenvalue weighted by Gasteiger charge is 2.36. The summed E-state index contributed by atoms with van der Waals surface area (Å²) >= 11 is 3.18. The Bertz CT molecular complexity index is 936. The third-order valence-corrected chi connectivity index (χ3v) is 7.56. The second kappa shape index (κ2) is 12.9. The van der Waals surface area contributed by atoms with Crippen LogP contribution in [0.25, 0.3) is 0 Å². The van der Waals surface area contributed by atoms with Crippen molar-refractivity contribution in [2.75, 3.05) is 25.4 Å². The number of carbonyl (C=O) groups excluding carboxylic acids is 2. The largest absolute Gasteiger partial charge is 0.480 e. The minimum atomic E-state index is -1.06. The number of carbonyl (C=O) groups is 3. The van der Waals surface area contributed by atoms with Gasteiger partial charge in [-0.3, -0.25) is 19.7 Å². The van der Waals surface area contributed by atoms with Crippen molar-refractivity contribution >= 4 is 40.9 Å². The second-order valence-electron chi connectivity index (χ2n) is 8.81. The van der Waals surface area contributed by atoms with Crippen molar-refractivity contribution in [1.82, 2.24) is 10.2 Å². The van der Waals surface area contributed by atoms with Gasteiger partial charge in [-0.15, -0.1) is 11.8 Å². The quantitative estimate of drug-likeness (QED) is 0.451. The zero-order chi connectivity index (χ0) is 24.5. The van der Waals surface area contributed by atoms with Crippen LogP contribution >= 0.6 is 23.1 Å². The van der Waals surface area contributed by atoms with Gasteiger partial charge >= 0.3 is 11.9 Å². The molecule has 1 aliphatic rings. The Kier molecular flexibility index (Phi) is 9.98. The van der Waals surface area contributed by atoms with Crippen LogP contribution in [-0.4, -0.2) is 65.4 Å². The summed E-state index contributed by atoms with van der Waals surface area (Å²) < 4.78 is 5.51. The first kappa shape index (κ1) is 26.2. The Morgan fingerprint density at radius 2 is 2.00 bits per heavy atom. The van der Waals surface area contributed by atoms with E-state index in [0.29, 0.717) is 31.7 Å². The van der Waals surface area contributed by atoms with Crippen LogP contribution in [0.1, 0.15) is 36.6 Å². The molecule has 34 heavy (non-hydrogen) atoms. The smallest absolute Gasteiger partial charge is 0.323 e. The molecule has 0 saturated carbocycles. The lowest BCUT2D eigenvalue weighted by atomic mass is 10.0. The molecule has 1 amide bonds. The second-order valence-corrected chi connectivity index (χ2v) is 10.8. The summed E-state index contributed by atoms with van der Waals surface area (Å²) in [5.41, 5.74) is 2.17. The molecule has 2 N–H and O–H groups in total. The molecule has 1 fully saturated rings. The number of rotatable bonds is 11. The number of carboxylic acid groups (broad SMARTS) is 1. The van der Waals surface area contributed by atoms with Crippen LogP contribution in [0.5, 0.6) is 0 Å². The highest BCUT2D eigenvalue weighted by atomic mass is 32.2. The van der Waals surface area contributed by atoms with Crippen LogP contribution < -0.4 is 5.32 Å². The third-order valence-electron chi connectivity index (χ3n) is 5.51. The SMILES string of the molecule is CC(C)COC(=O)C(CCc1ccccc1)NC1CSC(c2ccsc2)CN(CC(=O)O)C1=O. The van der Waals surface area contributed by atoms with Gasteiger partial charge in [0, 0.05) is 17.5 Å². The number of thiophene rings is 1. The Labute approximate surface area is 208 Å². The number of benzene rings is 1. The monoisotopic (exact) mass is 504 g/mol. The third kappa shape index (κ3) is 7.85. The van der Waals surface area contributed by atoms with Gasteiger partial charge in [0.2, 0.25) is 5.91 Å². The van der Waals surface area contributed by atoms with Crippen molar-refractivity contribution in [3.05, 3.63) is 58.3 Å². The van der Waals surface area contributed by atoms with Gasteiger partial charge in [-0.2, -0.15) is 11.3 Å². The van der Waals surface area contributed by atoms with Crippen LogP contribution in [0, 0.1) is 5.92 Å². The number of carboxylic acids is 1. The van der Waals surface area contributed by atoms with Gasteiger partial charge in [0.15, 0.2) is 0 Å². The van der Waals surface area contributed by atoms with Crippen LogP contribution in [0.4, 0.5) is 0 Å². The summed E-state index contributed by atoms with van der Waals surface area (Å²) in [5, 5.41) is 16.6. The van der Waals surface area contributed by atoms with Crippen molar-refractivity contribution in [3.8, 4) is 0 Å². The summed E-state index contributed by atoms with van der Waals surface area (Å²) in [6, 6.07) is 10.5. The number of hydrogen-bond acceptors (Lipinski definition) is 7. The average Bonchev–Trinajstić information content (AvgIpc) is 3.30. The van der Waals surface area contributed by atoms with Gasteiger partial charge in [-0.25, -0.2) is 0 Å². The molecule has 0 radical (unpaired) electrons. The number of esters is 1. The van der Waals surface area contributed by atoms with Gasteiger partial charge in [-0.1, -0.05) is 44.2 Å². The number of nitrogens with zero attached hydrogens (tertiary/aromatic N) is 1. The predicted octanol–water partition coefficient (Wildman–Crippen LogP) is 3.61. The van der Waals surface area contributed by atoms with Crippen LogP contribution in [0.2, 0.25) is 0 Å². The van der Waals surface area contributed by atoms with Crippen molar-refractivity contribution in [2.45, 2.75) is 44.0 Å². The first-order chi connectivity index (χ1) is 16.3. The van der Waals surface area contributed by atoms with E-state index in [2.05, 4.69) is 5.32 Å². The van der Waals surface area contributed by atoms with Crippen LogP contribution in [0.15, 0.2) is 47.2 Å². The Morgan fingerprint density at radius 3 is 2.65 bits per heavy atom. The highest BCUT2D eigenvalue weighted by Crippen LogP contribution is 2.34. The molecule has 1 saturated heterocycles. The molecule has 9 heteroatoms. The molecular formula is C25H32N2O5S2. The Hall–Kier alpha value is -2.36. The fraction of sp³-hybridized carbons (Fsp3) is 0.480. The molecule has 3 unspecified atom stereocenters. The van der Waals surface area contributed by atoms with E-state index in [1.165, 1.54) is 4.90 Å². The number of ether oxygens (including phenoxy) is 1. The molecule has 1 aromatic carbocycles. The minimum Gasteiger partial charge on any atom is -0.480 e. The maximum absolute atomic E-state index is 13.3. The zero-order valence-corrected chi connectivity index (χ0v) is 21.1. The molecule has 7 nitrogen and oxygen atoms in total. The van der Waals surface area contributed by atoms with E-state index in [9.17, 15) is 19.5 Å². The number of aliphatic carboxylic acids is 1. The number of thioether (sulfide) groups is 1.